The summed E-state index contributed by atoms with van der Waals surface area (Å²) in [6.07, 6.45) is 1.55. The number of nitrogens with two attached hydrogens (primary N) is 1. The highest BCUT2D eigenvalue weighted by atomic mass is 19.1. The van der Waals surface area contributed by atoms with Crippen molar-refractivity contribution in [3.63, 3.8) is 0 Å². The van der Waals surface area contributed by atoms with E-state index in [4.69, 9.17) is 15.7 Å². The fourth-order valence-electron chi connectivity index (χ4n) is 1.79. The van der Waals surface area contributed by atoms with Crippen LogP contribution in [0.15, 0.2) is 36.5 Å². The Morgan fingerprint density at radius 2 is 2.20 bits per heavy atom. The van der Waals surface area contributed by atoms with Gasteiger partial charge in [0.15, 0.2) is 0 Å². The Bertz CT molecular complexity index is 650. The number of pyridine rings is 1. The van der Waals surface area contributed by atoms with Gasteiger partial charge in [-0.1, -0.05) is 0 Å². The zero-order valence-electron chi connectivity index (χ0n) is 11.0. The Morgan fingerprint density at radius 1 is 1.40 bits per heavy atom. The van der Waals surface area contributed by atoms with E-state index in [0.29, 0.717) is 17.0 Å². The van der Waals surface area contributed by atoms with Crippen molar-refractivity contribution in [2.24, 2.45) is 5.73 Å². The minimum atomic E-state index is -0.347. The predicted molar refractivity (Wildman–Crippen MR) is 72.3 cm³/mol. The quantitative estimate of drug-likeness (QED) is 0.928. The first kappa shape index (κ1) is 14.0. The molecular formula is C15H14FN3O. The van der Waals surface area contributed by atoms with Crippen molar-refractivity contribution in [3.05, 3.63) is 59.2 Å². The van der Waals surface area contributed by atoms with E-state index in [1.165, 1.54) is 12.1 Å². The van der Waals surface area contributed by atoms with Gasteiger partial charge in [-0.25, -0.2) is 9.37 Å². The molecule has 1 heterocycles. The summed E-state index contributed by atoms with van der Waals surface area (Å²) >= 11 is 0. The van der Waals surface area contributed by atoms with Crippen molar-refractivity contribution in [1.29, 1.82) is 5.26 Å². The van der Waals surface area contributed by atoms with Crippen LogP contribution in [0.5, 0.6) is 5.75 Å². The van der Waals surface area contributed by atoms with Gasteiger partial charge in [-0.05, 0) is 42.8 Å². The third-order valence-electron chi connectivity index (χ3n) is 2.80. The highest BCUT2D eigenvalue weighted by Gasteiger charge is 2.10. The van der Waals surface area contributed by atoms with Crippen LogP contribution in [0.4, 0.5) is 4.39 Å². The van der Waals surface area contributed by atoms with Crippen LogP contribution in [0.2, 0.25) is 0 Å². The molecule has 0 saturated heterocycles. The summed E-state index contributed by atoms with van der Waals surface area (Å²) in [6.45, 7) is 2.03. The van der Waals surface area contributed by atoms with Crippen molar-refractivity contribution in [2.45, 2.75) is 19.6 Å². The standard InChI is InChI=1S/C15H14FN3O/c1-10(18)14-7-12(16)2-3-15(14)20-9-11-4-5-19-13(6-11)8-17/h2-7,10H,9,18H2,1H3/t10-/m1/s1. The van der Waals surface area contributed by atoms with Crippen LogP contribution >= 0.6 is 0 Å². The first-order valence-corrected chi connectivity index (χ1v) is 6.13. The number of hydrogen-bond donors (Lipinski definition) is 1. The van der Waals surface area contributed by atoms with Gasteiger partial charge in [0.1, 0.15) is 29.9 Å². The fourth-order valence-corrected chi connectivity index (χ4v) is 1.79. The molecule has 5 heteroatoms. The largest absolute Gasteiger partial charge is 0.489 e. The Balaban J connectivity index is 2.16. The smallest absolute Gasteiger partial charge is 0.140 e. The number of halogens is 1. The maximum Gasteiger partial charge on any atom is 0.140 e. The number of ether oxygens (including phenoxy) is 1. The lowest BCUT2D eigenvalue weighted by molar-refractivity contribution is 0.300. The van der Waals surface area contributed by atoms with E-state index in [1.54, 1.807) is 31.3 Å². The Hall–Kier alpha value is -2.45. The molecule has 0 fully saturated rings. The molecular weight excluding hydrogens is 257 g/mol. The summed E-state index contributed by atoms with van der Waals surface area (Å²) in [4.78, 5) is 3.88. The molecule has 0 saturated carbocycles. The van der Waals surface area contributed by atoms with Gasteiger partial charge in [-0.3, -0.25) is 0 Å². The van der Waals surface area contributed by atoms with Gasteiger partial charge in [0.05, 0.1) is 0 Å². The number of nitrogens with zero attached hydrogens (tertiary/aromatic N) is 2. The number of hydrogen-bond acceptors (Lipinski definition) is 4. The molecule has 0 aliphatic rings. The number of benzene rings is 1. The average Bonchev–Trinajstić information content (AvgIpc) is 2.46. The van der Waals surface area contributed by atoms with Gasteiger partial charge in [-0.2, -0.15) is 5.26 Å². The van der Waals surface area contributed by atoms with Crippen molar-refractivity contribution in [2.75, 3.05) is 0 Å². The highest BCUT2D eigenvalue weighted by molar-refractivity contribution is 5.36. The second kappa shape index (κ2) is 6.13. The number of nitriles is 1. The molecule has 2 aromatic rings. The molecule has 0 spiro atoms. The molecule has 0 bridgehead atoms. The lowest BCUT2D eigenvalue weighted by Gasteiger charge is -2.14. The molecule has 102 valence electrons. The van der Waals surface area contributed by atoms with E-state index in [2.05, 4.69) is 4.98 Å². The lowest BCUT2D eigenvalue weighted by atomic mass is 10.1. The third kappa shape index (κ3) is 3.31. The van der Waals surface area contributed by atoms with Gasteiger partial charge < -0.3 is 10.5 Å². The molecule has 1 aromatic heterocycles. The number of rotatable bonds is 4. The first-order valence-electron chi connectivity index (χ1n) is 6.13. The molecule has 20 heavy (non-hydrogen) atoms. The second-order valence-electron chi connectivity index (χ2n) is 4.42. The molecule has 4 nitrogen and oxygen atoms in total. The van der Waals surface area contributed by atoms with Crippen molar-refractivity contribution >= 4 is 0 Å². The summed E-state index contributed by atoms with van der Waals surface area (Å²) in [5.74, 6) is 0.192. The van der Waals surface area contributed by atoms with Crippen LogP contribution < -0.4 is 10.5 Å². The van der Waals surface area contributed by atoms with E-state index in [-0.39, 0.29) is 18.5 Å². The summed E-state index contributed by atoms with van der Waals surface area (Å²) in [5, 5.41) is 8.78. The van der Waals surface area contributed by atoms with E-state index in [0.717, 1.165) is 5.56 Å². The molecule has 0 radical (unpaired) electrons. The Morgan fingerprint density at radius 3 is 2.90 bits per heavy atom. The van der Waals surface area contributed by atoms with Crippen molar-refractivity contribution < 1.29 is 9.13 Å². The van der Waals surface area contributed by atoms with Crippen molar-refractivity contribution in [3.8, 4) is 11.8 Å². The van der Waals surface area contributed by atoms with E-state index in [9.17, 15) is 4.39 Å². The van der Waals surface area contributed by atoms with Gasteiger partial charge in [0, 0.05) is 17.8 Å². The SMILES string of the molecule is C[C@@H](N)c1cc(F)ccc1OCc1ccnc(C#N)c1. The molecule has 0 unspecified atom stereocenters. The van der Waals surface area contributed by atoms with E-state index in [1.807, 2.05) is 6.07 Å². The van der Waals surface area contributed by atoms with E-state index < -0.39 is 0 Å². The minimum Gasteiger partial charge on any atom is -0.489 e. The van der Waals surface area contributed by atoms with Crippen LogP contribution in [0.3, 0.4) is 0 Å². The van der Waals surface area contributed by atoms with Crippen molar-refractivity contribution in [1.82, 2.24) is 4.98 Å². The Labute approximate surface area is 116 Å². The van der Waals surface area contributed by atoms with Crippen LogP contribution in [0, 0.1) is 17.1 Å². The third-order valence-corrected chi connectivity index (χ3v) is 2.80. The molecule has 1 atom stereocenters. The second-order valence-corrected chi connectivity index (χ2v) is 4.42. The summed E-state index contributed by atoms with van der Waals surface area (Å²) in [5.41, 5.74) is 7.56. The minimum absolute atomic E-state index is 0.266. The van der Waals surface area contributed by atoms with Crippen LogP contribution in [0.25, 0.3) is 0 Å². The zero-order valence-corrected chi connectivity index (χ0v) is 11.0. The van der Waals surface area contributed by atoms with Crippen LogP contribution in [-0.4, -0.2) is 4.98 Å². The van der Waals surface area contributed by atoms with E-state index >= 15 is 0 Å². The van der Waals surface area contributed by atoms with Crippen LogP contribution in [0.1, 0.15) is 29.8 Å². The lowest BCUT2D eigenvalue weighted by Crippen LogP contribution is -2.08. The zero-order chi connectivity index (χ0) is 14.5. The van der Waals surface area contributed by atoms with Crippen LogP contribution in [-0.2, 0) is 6.61 Å². The molecule has 0 amide bonds. The van der Waals surface area contributed by atoms with Gasteiger partial charge >= 0.3 is 0 Å². The van der Waals surface area contributed by atoms with Gasteiger partial charge in [-0.15, -0.1) is 0 Å². The molecule has 0 aliphatic carbocycles. The monoisotopic (exact) mass is 271 g/mol. The summed E-state index contributed by atoms with van der Waals surface area (Å²) < 4.78 is 18.9. The Kier molecular flexibility index (Phi) is 4.28. The molecule has 2 N–H and O–H groups in total. The van der Waals surface area contributed by atoms with Gasteiger partial charge in [0.2, 0.25) is 0 Å². The summed E-state index contributed by atoms with van der Waals surface area (Å²) in [6, 6.07) is 9.30. The first-order chi connectivity index (χ1) is 9.60. The molecule has 1 aromatic carbocycles. The predicted octanol–water partition coefficient (Wildman–Crippen LogP) is 2.69. The number of aromatic nitrogens is 1. The highest BCUT2D eigenvalue weighted by Crippen LogP contribution is 2.25. The fraction of sp³-hybridized carbons (Fsp3) is 0.200. The molecule has 2 rings (SSSR count). The molecule has 0 aliphatic heterocycles. The maximum atomic E-state index is 13.2. The van der Waals surface area contributed by atoms with Gasteiger partial charge in [0.25, 0.3) is 0 Å². The maximum absolute atomic E-state index is 13.2. The average molecular weight is 271 g/mol. The summed E-state index contributed by atoms with van der Waals surface area (Å²) in [7, 11) is 0. The normalized spacial score (nSPS) is 11.7. The topological polar surface area (TPSA) is 71.9 Å².